The van der Waals surface area contributed by atoms with Gasteiger partial charge in [-0.3, -0.25) is 9.59 Å². The van der Waals surface area contributed by atoms with Crippen molar-refractivity contribution in [3.8, 4) is 0 Å². The summed E-state index contributed by atoms with van der Waals surface area (Å²) in [6.07, 6.45) is 0.717. The van der Waals surface area contributed by atoms with Crippen LogP contribution in [0.3, 0.4) is 0 Å². The quantitative estimate of drug-likeness (QED) is 0.759. The van der Waals surface area contributed by atoms with Crippen molar-refractivity contribution in [2.45, 2.75) is 20.3 Å². The Morgan fingerprint density at radius 3 is 2.44 bits per heavy atom. The van der Waals surface area contributed by atoms with E-state index < -0.39 is 0 Å². The standard InChI is InChI=1S/C19H23N3O3/c1-13-8-9-15(12-14(13)2)21-19(24)17-7-4-6-16(22-17)18(23)20-10-5-11-25-3/h4,6-9,12H,5,10-11H2,1-3H3,(H,20,23)(H,21,24). The number of carbonyl (C=O) groups excluding carboxylic acids is 2. The molecule has 1 heterocycles. The molecule has 0 saturated heterocycles. The number of aryl methyl sites for hydroxylation is 2. The van der Waals surface area contributed by atoms with Crippen LogP contribution in [0.4, 0.5) is 5.69 Å². The van der Waals surface area contributed by atoms with E-state index in [0.29, 0.717) is 18.8 Å². The van der Waals surface area contributed by atoms with Crippen LogP contribution in [0.5, 0.6) is 0 Å². The fourth-order valence-corrected chi connectivity index (χ4v) is 2.21. The summed E-state index contributed by atoms with van der Waals surface area (Å²) in [6, 6.07) is 10.5. The fraction of sp³-hybridized carbons (Fsp3) is 0.316. The molecule has 2 amide bonds. The van der Waals surface area contributed by atoms with E-state index in [1.165, 1.54) is 0 Å². The summed E-state index contributed by atoms with van der Waals surface area (Å²) in [5, 5.41) is 5.55. The van der Waals surface area contributed by atoms with E-state index in [-0.39, 0.29) is 23.2 Å². The summed E-state index contributed by atoms with van der Waals surface area (Å²) in [7, 11) is 1.61. The Balaban J connectivity index is 2.03. The molecule has 0 atom stereocenters. The van der Waals surface area contributed by atoms with E-state index in [0.717, 1.165) is 17.5 Å². The van der Waals surface area contributed by atoms with Crippen LogP contribution < -0.4 is 10.6 Å². The van der Waals surface area contributed by atoms with Gasteiger partial charge < -0.3 is 15.4 Å². The third-order valence-corrected chi connectivity index (χ3v) is 3.79. The number of carbonyl (C=O) groups is 2. The number of aromatic nitrogens is 1. The molecule has 1 aromatic heterocycles. The zero-order valence-electron chi connectivity index (χ0n) is 14.8. The normalized spacial score (nSPS) is 10.4. The van der Waals surface area contributed by atoms with Crippen molar-refractivity contribution < 1.29 is 14.3 Å². The molecule has 0 aliphatic carbocycles. The second kappa shape index (κ2) is 8.94. The molecule has 0 radical (unpaired) electrons. The van der Waals surface area contributed by atoms with Gasteiger partial charge in [-0.15, -0.1) is 0 Å². The molecule has 6 nitrogen and oxygen atoms in total. The van der Waals surface area contributed by atoms with Gasteiger partial charge in [-0.2, -0.15) is 0 Å². The molecule has 0 spiro atoms. The second-order valence-electron chi connectivity index (χ2n) is 5.76. The van der Waals surface area contributed by atoms with Crippen LogP contribution in [0.1, 0.15) is 38.5 Å². The van der Waals surface area contributed by atoms with Gasteiger partial charge in [-0.1, -0.05) is 12.1 Å². The maximum absolute atomic E-state index is 12.4. The Morgan fingerprint density at radius 2 is 1.76 bits per heavy atom. The number of pyridine rings is 1. The third kappa shape index (κ3) is 5.39. The molecule has 2 aromatic rings. The Labute approximate surface area is 147 Å². The van der Waals surface area contributed by atoms with Crippen molar-refractivity contribution in [2.75, 3.05) is 25.6 Å². The first kappa shape index (κ1) is 18.6. The molecule has 2 N–H and O–H groups in total. The number of nitrogens with zero attached hydrogens (tertiary/aromatic N) is 1. The molecular weight excluding hydrogens is 318 g/mol. The summed E-state index contributed by atoms with van der Waals surface area (Å²) in [5.41, 5.74) is 3.36. The van der Waals surface area contributed by atoms with Gasteiger partial charge in [-0.25, -0.2) is 4.98 Å². The van der Waals surface area contributed by atoms with Crippen molar-refractivity contribution in [2.24, 2.45) is 0 Å². The summed E-state index contributed by atoms with van der Waals surface area (Å²) < 4.78 is 4.93. The third-order valence-electron chi connectivity index (χ3n) is 3.79. The lowest BCUT2D eigenvalue weighted by atomic mass is 10.1. The maximum Gasteiger partial charge on any atom is 0.274 e. The second-order valence-corrected chi connectivity index (χ2v) is 5.76. The lowest BCUT2D eigenvalue weighted by Crippen LogP contribution is -2.27. The Kier molecular flexibility index (Phi) is 6.65. The molecule has 6 heteroatoms. The lowest BCUT2D eigenvalue weighted by Gasteiger charge is -2.08. The molecule has 132 valence electrons. The van der Waals surface area contributed by atoms with Crippen LogP contribution in [0.25, 0.3) is 0 Å². The fourth-order valence-electron chi connectivity index (χ4n) is 2.21. The number of hydrogen-bond acceptors (Lipinski definition) is 4. The number of rotatable bonds is 7. The number of methoxy groups -OCH3 is 1. The molecule has 0 unspecified atom stereocenters. The highest BCUT2D eigenvalue weighted by Gasteiger charge is 2.12. The van der Waals surface area contributed by atoms with E-state index >= 15 is 0 Å². The molecule has 0 fully saturated rings. The van der Waals surface area contributed by atoms with Gasteiger partial charge in [0.15, 0.2) is 0 Å². The summed E-state index contributed by atoms with van der Waals surface area (Å²) in [6.45, 7) is 5.06. The van der Waals surface area contributed by atoms with E-state index in [1.807, 2.05) is 32.0 Å². The minimum atomic E-state index is -0.350. The number of amides is 2. The smallest absolute Gasteiger partial charge is 0.274 e. The zero-order chi connectivity index (χ0) is 18.2. The molecule has 1 aromatic carbocycles. The van der Waals surface area contributed by atoms with E-state index in [4.69, 9.17) is 4.74 Å². The van der Waals surface area contributed by atoms with Gasteiger partial charge in [0.2, 0.25) is 0 Å². The Hall–Kier alpha value is -2.73. The molecule has 0 bridgehead atoms. The molecule has 0 aliphatic heterocycles. The SMILES string of the molecule is COCCCNC(=O)c1cccc(C(=O)Nc2ccc(C)c(C)c2)n1. The van der Waals surface area contributed by atoms with E-state index in [9.17, 15) is 9.59 Å². The van der Waals surface area contributed by atoms with Crippen molar-refractivity contribution in [1.82, 2.24) is 10.3 Å². The minimum Gasteiger partial charge on any atom is -0.385 e. The zero-order valence-corrected chi connectivity index (χ0v) is 14.8. The molecular formula is C19H23N3O3. The topological polar surface area (TPSA) is 80.3 Å². The van der Waals surface area contributed by atoms with E-state index in [2.05, 4.69) is 15.6 Å². The largest absolute Gasteiger partial charge is 0.385 e. The predicted octanol–water partition coefficient (Wildman–Crippen LogP) is 2.72. The van der Waals surface area contributed by atoms with Crippen molar-refractivity contribution >= 4 is 17.5 Å². The van der Waals surface area contributed by atoms with Crippen LogP contribution >= 0.6 is 0 Å². The van der Waals surface area contributed by atoms with Crippen LogP contribution in [0.15, 0.2) is 36.4 Å². The number of ether oxygens (including phenoxy) is 1. The maximum atomic E-state index is 12.4. The highest BCUT2D eigenvalue weighted by molar-refractivity contribution is 6.03. The van der Waals surface area contributed by atoms with Gasteiger partial charge in [0.25, 0.3) is 11.8 Å². The van der Waals surface area contributed by atoms with Gasteiger partial charge in [0.1, 0.15) is 11.4 Å². The summed E-state index contributed by atoms with van der Waals surface area (Å²) >= 11 is 0. The van der Waals surface area contributed by atoms with Crippen molar-refractivity contribution in [3.05, 3.63) is 58.9 Å². The monoisotopic (exact) mass is 341 g/mol. The minimum absolute atomic E-state index is 0.197. The molecule has 2 rings (SSSR count). The number of nitrogens with one attached hydrogen (secondary N) is 2. The molecule has 0 aliphatic rings. The lowest BCUT2D eigenvalue weighted by molar-refractivity contribution is 0.0943. The van der Waals surface area contributed by atoms with Crippen molar-refractivity contribution in [1.29, 1.82) is 0 Å². The highest BCUT2D eigenvalue weighted by atomic mass is 16.5. The first-order valence-corrected chi connectivity index (χ1v) is 8.14. The van der Waals surface area contributed by atoms with Crippen LogP contribution in [0.2, 0.25) is 0 Å². The van der Waals surface area contributed by atoms with Gasteiger partial charge in [0.05, 0.1) is 0 Å². The van der Waals surface area contributed by atoms with Gasteiger partial charge in [0, 0.05) is 25.9 Å². The molecule has 25 heavy (non-hydrogen) atoms. The van der Waals surface area contributed by atoms with Gasteiger partial charge in [-0.05, 0) is 55.7 Å². The number of benzene rings is 1. The average Bonchev–Trinajstić information content (AvgIpc) is 2.62. The number of hydrogen-bond donors (Lipinski definition) is 2. The highest BCUT2D eigenvalue weighted by Crippen LogP contribution is 2.15. The van der Waals surface area contributed by atoms with Crippen LogP contribution in [-0.2, 0) is 4.74 Å². The van der Waals surface area contributed by atoms with E-state index in [1.54, 1.807) is 25.3 Å². The summed E-state index contributed by atoms with van der Waals surface area (Å²) in [4.78, 5) is 28.6. The average molecular weight is 341 g/mol. The van der Waals surface area contributed by atoms with Crippen molar-refractivity contribution in [3.63, 3.8) is 0 Å². The first-order chi connectivity index (χ1) is 12.0. The van der Waals surface area contributed by atoms with Crippen LogP contribution in [0, 0.1) is 13.8 Å². The Bertz CT molecular complexity index is 759. The predicted molar refractivity (Wildman–Crippen MR) is 96.9 cm³/mol. The number of anilines is 1. The van der Waals surface area contributed by atoms with Crippen LogP contribution in [-0.4, -0.2) is 37.1 Å². The first-order valence-electron chi connectivity index (χ1n) is 8.14. The summed E-state index contributed by atoms with van der Waals surface area (Å²) in [5.74, 6) is -0.658. The molecule has 0 saturated carbocycles. The Morgan fingerprint density at radius 1 is 1.04 bits per heavy atom. The van der Waals surface area contributed by atoms with Gasteiger partial charge >= 0.3 is 0 Å².